The van der Waals surface area contributed by atoms with Crippen LogP contribution in [0.4, 0.5) is 0 Å². The zero-order valence-electron chi connectivity index (χ0n) is 10.6. The number of aromatic nitrogens is 1. The van der Waals surface area contributed by atoms with Crippen LogP contribution in [0, 0.1) is 0 Å². The van der Waals surface area contributed by atoms with Gasteiger partial charge in [-0.1, -0.05) is 28.1 Å². The van der Waals surface area contributed by atoms with E-state index in [4.69, 9.17) is 10.5 Å². The second kappa shape index (κ2) is 6.12. The molecule has 0 amide bonds. The summed E-state index contributed by atoms with van der Waals surface area (Å²) in [5.74, 6) is -0.347. The molecule has 0 fully saturated rings. The molecule has 19 heavy (non-hydrogen) atoms. The minimum Gasteiger partial charge on any atom is -0.469 e. The summed E-state index contributed by atoms with van der Waals surface area (Å²) in [6, 6.07) is 7.79. The monoisotopic (exact) mass is 322 g/mol. The number of hydrogen-bond donors (Lipinski definition) is 1. The molecule has 100 valence electrons. The average Bonchev–Trinajstić information content (AvgIpc) is 2.45. The van der Waals surface area contributed by atoms with Crippen LogP contribution in [0.5, 0.6) is 0 Å². The van der Waals surface area contributed by atoms with Crippen LogP contribution in [0.2, 0.25) is 0 Å². The molecule has 2 N–H and O–H groups in total. The summed E-state index contributed by atoms with van der Waals surface area (Å²) in [5, 5.41) is 1.02. The number of hydrogen-bond acceptors (Lipinski definition) is 4. The van der Waals surface area contributed by atoms with Gasteiger partial charge < -0.3 is 10.5 Å². The Morgan fingerprint density at radius 2 is 2.26 bits per heavy atom. The number of methoxy groups -OCH3 is 1. The maximum absolute atomic E-state index is 11.5. The summed E-state index contributed by atoms with van der Waals surface area (Å²) in [6.45, 7) is 0.377. The van der Waals surface area contributed by atoms with Crippen molar-refractivity contribution in [3.63, 3.8) is 0 Å². The molecule has 0 aliphatic rings. The van der Waals surface area contributed by atoms with Crippen LogP contribution < -0.4 is 5.73 Å². The predicted octanol–water partition coefficient (Wildman–Crippen LogP) is 2.60. The van der Waals surface area contributed by atoms with Crippen molar-refractivity contribution in [1.82, 2.24) is 4.98 Å². The number of carbonyl (C=O) groups excluding carboxylic acids is 1. The van der Waals surface area contributed by atoms with Crippen LogP contribution in [0.15, 0.2) is 34.9 Å². The number of pyridine rings is 1. The highest BCUT2D eigenvalue weighted by atomic mass is 79.9. The van der Waals surface area contributed by atoms with Crippen molar-refractivity contribution in [2.75, 3.05) is 13.7 Å². The first-order chi connectivity index (χ1) is 9.17. The quantitative estimate of drug-likeness (QED) is 0.879. The van der Waals surface area contributed by atoms with Crippen LogP contribution in [0.3, 0.4) is 0 Å². The largest absolute Gasteiger partial charge is 0.469 e. The van der Waals surface area contributed by atoms with E-state index in [1.54, 1.807) is 6.20 Å². The number of halogens is 1. The first-order valence-electron chi connectivity index (χ1n) is 5.97. The van der Waals surface area contributed by atoms with E-state index in [1.165, 1.54) is 7.11 Å². The van der Waals surface area contributed by atoms with Gasteiger partial charge in [0, 0.05) is 22.0 Å². The van der Waals surface area contributed by atoms with E-state index in [9.17, 15) is 4.79 Å². The van der Waals surface area contributed by atoms with Crippen molar-refractivity contribution in [2.45, 2.75) is 12.3 Å². The molecule has 1 atom stereocenters. The molecule has 1 aromatic heterocycles. The lowest BCUT2D eigenvalue weighted by Crippen LogP contribution is -2.17. The van der Waals surface area contributed by atoms with Crippen molar-refractivity contribution in [2.24, 2.45) is 5.73 Å². The summed E-state index contributed by atoms with van der Waals surface area (Å²) in [7, 11) is 1.38. The highest BCUT2D eigenvalue weighted by Gasteiger charge is 2.18. The fourth-order valence-electron chi connectivity index (χ4n) is 2.09. The summed E-state index contributed by atoms with van der Waals surface area (Å²) < 4.78 is 5.70. The van der Waals surface area contributed by atoms with E-state index in [0.29, 0.717) is 6.54 Å². The molecule has 0 saturated heterocycles. The lowest BCUT2D eigenvalue weighted by molar-refractivity contribution is -0.141. The molecule has 0 saturated carbocycles. The lowest BCUT2D eigenvalue weighted by atomic mass is 9.93. The van der Waals surface area contributed by atoms with Gasteiger partial charge in [0.1, 0.15) is 0 Å². The summed E-state index contributed by atoms with van der Waals surface area (Å²) >= 11 is 3.50. The Bertz CT molecular complexity index is 601. The second-order valence-electron chi connectivity index (χ2n) is 4.25. The van der Waals surface area contributed by atoms with Gasteiger partial charge >= 0.3 is 5.97 Å². The van der Waals surface area contributed by atoms with E-state index in [2.05, 4.69) is 20.9 Å². The molecule has 0 aliphatic heterocycles. The third kappa shape index (κ3) is 2.93. The number of rotatable bonds is 4. The minimum atomic E-state index is -0.262. The number of fused-ring (bicyclic) bond motifs is 1. The molecular weight excluding hydrogens is 308 g/mol. The van der Waals surface area contributed by atoms with Crippen LogP contribution in [0.25, 0.3) is 10.9 Å². The van der Waals surface area contributed by atoms with E-state index in [0.717, 1.165) is 20.9 Å². The van der Waals surface area contributed by atoms with Gasteiger partial charge in [-0.05, 0) is 24.2 Å². The Morgan fingerprint density at radius 1 is 1.47 bits per heavy atom. The summed E-state index contributed by atoms with van der Waals surface area (Å²) in [6.07, 6.45) is 2.00. The maximum Gasteiger partial charge on any atom is 0.306 e. The van der Waals surface area contributed by atoms with Crippen LogP contribution >= 0.6 is 15.9 Å². The number of nitrogens with two attached hydrogens (primary N) is 1. The lowest BCUT2D eigenvalue weighted by Gasteiger charge is -2.16. The van der Waals surface area contributed by atoms with Gasteiger partial charge in [-0.25, -0.2) is 0 Å². The van der Waals surface area contributed by atoms with Gasteiger partial charge in [-0.3, -0.25) is 9.78 Å². The third-order valence-corrected chi connectivity index (χ3v) is 3.80. The molecule has 1 aromatic carbocycles. The molecule has 5 heteroatoms. The predicted molar refractivity (Wildman–Crippen MR) is 77.9 cm³/mol. The molecule has 2 rings (SSSR count). The zero-order chi connectivity index (χ0) is 13.8. The van der Waals surface area contributed by atoms with Crippen molar-refractivity contribution in [3.8, 4) is 0 Å². The molecule has 0 radical (unpaired) electrons. The van der Waals surface area contributed by atoms with Crippen molar-refractivity contribution < 1.29 is 9.53 Å². The van der Waals surface area contributed by atoms with E-state index < -0.39 is 0 Å². The fourth-order valence-corrected chi connectivity index (χ4v) is 2.55. The number of esters is 1. The molecule has 0 spiro atoms. The number of benzene rings is 1. The summed E-state index contributed by atoms with van der Waals surface area (Å²) in [4.78, 5) is 15.9. The van der Waals surface area contributed by atoms with Crippen LogP contribution in [-0.4, -0.2) is 24.6 Å². The SMILES string of the molecule is COC(=O)CC(CN)c1ccc(Br)c2cccnc12. The minimum absolute atomic E-state index is 0.0852. The van der Waals surface area contributed by atoms with E-state index >= 15 is 0 Å². The first kappa shape index (κ1) is 14.0. The van der Waals surface area contributed by atoms with Crippen molar-refractivity contribution >= 4 is 32.8 Å². The molecule has 0 aliphatic carbocycles. The summed E-state index contributed by atoms with van der Waals surface area (Å²) in [5.41, 5.74) is 7.64. The van der Waals surface area contributed by atoms with Crippen molar-refractivity contribution in [3.05, 3.63) is 40.5 Å². The van der Waals surface area contributed by atoms with E-state index in [-0.39, 0.29) is 18.3 Å². The van der Waals surface area contributed by atoms with Crippen molar-refractivity contribution in [1.29, 1.82) is 0 Å². The van der Waals surface area contributed by atoms with E-state index in [1.807, 2.05) is 24.3 Å². The Morgan fingerprint density at radius 3 is 2.95 bits per heavy atom. The highest BCUT2D eigenvalue weighted by Crippen LogP contribution is 2.30. The number of carbonyl (C=O) groups is 1. The maximum atomic E-state index is 11.5. The highest BCUT2D eigenvalue weighted by molar-refractivity contribution is 9.10. The molecule has 2 aromatic rings. The molecular formula is C14H15BrN2O2. The Balaban J connectivity index is 2.49. The molecule has 1 unspecified atom stereocenters. The van der Waals surface area contributed by atoms with Crippen LogP contribution in [-0.2, 0) is 9.53 Å². The molecule has 0 bridgehead atoms. The third-order valence-electron chi connectivity index (χ3n) is 3.11. The Kier molecular flexibility index (Phi) is 4.50. The molecule has 1 heterocycles. The smallest absolute Gasteiger partial charge is 0.306 e. The fraction of sp³-hybridized carbons (Fsp3) is 0.286. The average molecular weight is 323 g/mol. The Labute approximate surface area is 120 Å². The second-order valence-corrected chi connectivity index (χ2v) is 5.10. The van der Waals surface area contributed by atoms with Gasteiger partial charge in [0.2, 0.25) is 0 Å². The number of ether oxygens (including phenoxy) is 1. The van der Waals surface area contributed by atoms with Crippen LogP contribution in [0.1, 0.15) is 17.9 Å². The van der Waals surface area contributed by atoms with Gasteiger partial charge in [0.15, 0.2) is 0 Å². The zero-order valence-corrected chi connectivity index (χ0v) is 12.2. The topological polar surface area (TPSA) is 65.2 Å². The van der Waals surface area contributed by atoms with Gasteiger partial charge in [-0.15, -0.1) is 0 Å². The Hall–Kier alpha value is -1.46. The van der Waals surface area contributed by atoms with Gasteiger partial charge in [-0.2, -0.15) is 0 Å². The van der Waals surface area contributed by atoms with Gasteiger partial charge in [0.25, 0.3) is 0 Å². The normalized spacial score (nSPS) is 12.4. The molecule has 4 nitrogen and oxygen atoms in total. The standard InChI is InChI=1S/C14H15BrN2O2/c1-19-13(18)7-9(8-16)10-4-5-12(15)11-3-2-6-17-14(10)11/h2-6,9H,7-8,16H2,1H3. The van der Waals surface area contributed by atoms with Gasteiger partial charge in [0.05, 0.1) is 19.0 Å². The first-order valence-corrected chi connectivity index (χ1v) is 6.76. The number of nitrogens with zero attached hydrogens (tertiary/aromatic N) is 1.